The van der Waals surface area contributed by atoms with Crippen LogP contribution in [0.4, 0.5) is 4.79 Å². The number of carbonyl (C=O) groups is 2. The Bertz CT molecular complexity index is 254. The number of rotatable bonds is 1. The standard InChI is InChI=1S/C8H12N2O3/c11-7(12)5-1-2-6-3-9-8(13)10(6)4-5/h5-6H,1-4H2,(H,9,13)(H,11,12). The number of urea groups is 1. The monoisotopic (exact) mass is 184 g/mol. The van der Waals surface area contributed by atoms with Crippen LogP contribution >= 0.6 is 0 Å². The van der Waals surface area contributed by atoms with E-state index in [1.165, 1.54) is 0 Å². The molecule has 2 N–H and O–H groups in total. The average molecular weight is 184 g/mol. The van der Waals surface area contributed by atoms with Crippen molar-refractivity contribution in [3.8, 4) is 0 Å². The maximum atomic E-state index is 11.2. The first-order valence-electron chi connectivity index (χ1n) is 4.46. The van der Waals surface area contributed by atoms with Crippen LogP contribution in [0.15, 0.2) is 0 Å². The third-order valence-electron chi connectivity index (χ3n) is 2.81. The van der Waals surface area contributed by atoms with E-state index < -0.39 is 5.97 Å². The number of carbonyl (C=O) groups excluding carboxylic acids is 1. The van der Waals surface area contributed by atoms with Gasteiger partial charge in [-0.2, -0.15) is 0 Å². The molecule has 0 aliphatic carbocycles. The van der Waals surface area contributed by atoms with Crippen molar-refractivity contribution in [3.63, 3.8) is 0 Å². The van der Waals surface area contributed by atoms with E-state index in [0.717, 1.165) is 6.42 Å². The minimum atomic E-state index is -0.793. The Balaban J connectivity index is 2.05. The Hall–Kier alpha value is -1.26. The van der Waals surface area contributed by atoms with Gasteiger partial charge in [-0.05, 0) is 12.8 Å². The van der Waals surface area contributed by atoms with E-state index in [-0.39, 0.29) is 18.0 Å². The molecule has 0 aromatic heterocycles. The number of fused-ring (bicyclic) bond motifs is 1. The second kappa shape index (κ2) is 2.90. The molecular formula is C8H12N2O3. The number of amides is 2. The highest BCUT2D eigenvalue weighted by Gasteiger charge is 2.38. The van der Waals surface area contributed by atoms with E-state index in [1.807, 2.05) is 0 Å². The molecule has 0 saturated carbocycles. The third kappa shape index (κ3) is 1.34. The summed E-state index contributed by atoms with van der Waals surface area (Å²) in [5.74, 6) is -1.17. The van der Waals surface area contributed by atoms with E-state index >= 15 is 0 Å². The summed E-state index contributed by atoms with van der Waals surface area (Å²) < 4.78 is 0. The predicted molar refractivity (Wildman–Crippen MR) is 44.3 cm³/mol. The normalized spacial score (nSPS) is 32.6. The molecule has 0 aromatic rings. The molecule has 0 bridgehead atoms. The minimum Gasteiger partial charge on any atom is -0.481 e. The van der Waals surface area contributed by atoms with E-state index in [9.17, 15) is 9.59 Å². The molecule has 2 amide bonds. The van der Waals surface area contributed by atoms with Gasteiger partial charge < -0.3 is 15.3 Å². The number of hydrogen-bond donors (Lipinski definition) is 2. The molecule has 13 heavy (non-hydrogen) atoms. The second-order valence-corrected chi connectivity index (χ2v) is 3.60. The summed E-state index contributed by atoms with van der Waals surface area (Å²) in [4.78, 5) is 23.5. The molecule has 2 aliphatic rings. The molecule has 0 aromatic carbocycles. The lowest BCUT2D eigenvalue weighted by molar-refractivity contribution is -0.143. The van der Waals surface area contributed by atoms with Crippen LogP contribution in [0.3, 0.4) is 0 Å². The predicted octanol–water partition coefficient (Wildman–Crippen LogP) is -0.125. The Labute approximate surface area is 75.7 Å². The molecule has 0 radical (unpaired) electrons. The molecular weight excluding hydrogens is 172 g/mol. The fourth-order valence-corrected chi connectivity index (χ4v) is 2.00. The van der Waals surface area contributed by atoms with Crippen molar-refractivity contribution in [1.29, 1.82) is 0 Å². The number of carboxylic acid groups (broad SMARTS) is 1. The van der Waals surface area contributed by atoms with Crippen LogP contribution in [0, 0.1) is 5.92 Å². The van der Waals surface area contributed by atoms with Gasteiger partial charge in [0, 0.05) is 13.1 Å². The minimum absolute atomic E-state index is 0.115. The van der Waals surface area contributed by atoms with E-state index in [2.05, 4.69) is 5.32 Å². The Morgan fingerprint density at radius 2 is 2.31 bits per heavy atom. The van der Waals surface area contributed by atoms with Crippen molar-refractivity contribution in [2.75, 3.05) is 13.1 Å². The van der Waals surface area contributed by atoms with Gasteiger partial charge >= 0.3 is 12.0 Å². The first-order valence-corrected chi connectivity index (χ1v) is 4.46. The van der Waals surface area contributed by atoms with Gasteiger partial charge in [-0.1, -0.05) is 0 Å². The van der Waals surface area contributed by atoms with Crippen LogP contribution in [0.2, 0.25) is 0 Å². The maximum absolute atomic E-state index is 11.2. The van der Waals surface area contributed by atoms with Crippen molar-refractivity contribution in [2.24, 2.45) is 5.92 Å². The Morgan fingerprint density at radius 3 is 3.00 bits per heavy atom. The zero-order chi connectivity index (χ0) is 9.42. The molecule has 2 rings (SSSR count). The van der Waals surface area contributed by atoms with E-state index in [4.69, 9.17) is 5.11 Å². The fraction of sp³-hybridized carbons (Fsp3) is 0.750. The highest BCUT2D eigenvalue weighted by molar-refractivity contribution is 5.78. The maximum Gasteiger partial charge on any atom is 0.317 e. The lowest BCUT2D eigenvalue weighted by Gasteiger charge is -2.31. The summed E-state index contributed by atoms with van der Waals surface area (Å²) in [5.41, 5.74) is 0. The van der Waals surface area contributed by atoms with Gasteiger partial charge in [0.1, 0.15) is 0 Å². The molecule has 2 atom stereocenters. The van der Waals surface area contributed by atoms with Crippen LogP contribution in [0.25, 0.3) is 0 Å². The van der Waals surface area contributed by atoms with Crippen molar-refractivity contribution >= 4 is 12.0 Å². The number of carboxylic acids is 1. The zero-order valence-electron chi connectivity index (χ0n) is 7.19. The van der Waals surface area contributed by atoms with Gasteiger partial charge in [-0.15, -0.1) is 0 Å². The van der Waals surface area contributed by atoms with Crippen LogP contribution < -0.4 is 5.32 Å². The van der Waals surface area contributed by atoms with Crippen molar-refractivity contribution in [1.82, 2.24) is 10.2 Å². The Morgan fingerprint density at radius 1 is 1.54 bits per heavy atom. The van der Waals surface area contributed by atoms with Gasteiger partial charge in [0.25, 0.3) is 0 Å². The summed E-state index contributed by atoms with van der Waals surface area (Å²) in [6, 6.07) is 0.110. The zero-order valence-corrected chi connectivity index (χ0v) is 7.19. The summed E-state index contributed by atoms with van der Waals surface area (Å²) in [5, 5.41) is 11.5. The number of aliphatic carboxylic acids is 1. The van der Waals surface area contributed by atoms with Gasteiger partial charge in [-0.3, -0.25) is 4.79 Å². The first-order chi connectivity index (χ1) is 6.18. The van der Waals surface area contributed by atoms with E-state index in [0.29, 0.717) is 19.5 Å². The van der Waals surface area contributed by atoms with Crippen LogP contribution in [0.5, 0.6) is 0 Å². The van der Waals surface area contributed by atoms with Crippen LogP contribution in [-0.2, 0) is 4.79 Å². The highest BCUT2D eigenvalue weighted by Crippen LogP contribution is 2.24. The summed E-state index contributed by atoms with van der Waals surface area (Å²) in [6.07, 6.45) is 1.49. The molecule has 2 saturated heterocycles. The first kappa shape index (κ1) is 8.34. The Kier molecular flexibility index (Phi) is 1.86. The summed E-state index contributed by atoms with van der Waals surface area (Å²) in [6.45, 7) is 1.04. The van der Waals surface area contributed by atoms with E-state index in [1.54, 1.807) is 4.90 Å². The quantitative estimate of drug-likeness (QED) is 0.596. The molecule has 2 fully saturated rings. The van der Waals surface area contributed by atoms with Crippen molar-refractivity contribution < 1.29 is 14.7 Å². The summed E-state index contributed by atoms with van der Waals surface area (Å²) in [7, 11) is 0. The van der Waals surface area contributed by atoms with Crippen molar-refractivity contribution in [2.45, 2.75) is 18.9 Å². The number of hydrogen-bond acceptors (Lipinski definition) is 2. The lowest BCUT2D eigenvalue weighted by Crippen LogP contribution is -2.44. The molecule has 2 heterocycles. The third-order valence-corrected chi connectivity index (χ3v) is 2.81. The van der Waals surface area contributed by atoms with Gasteiger partial charge in [0.15, 0.2) is 0 Å². The van der Waals surface area contributed by atoms with Crippen molar-refractivity contribution in [3.05, 3.63) is 0 Å². The highest BCUT2D eigenvalue weighted by atomic mass is 16.4. The van der Waals surface area contributed by atoms with Gasteiger partial charge in [-0.25, -0.2) is 4.79 Å². The topological polar surface area (TPSA) is 69.6 Å². The smallest absolute Gasteiger partial charge is 0.317 e. The second-order valence-electron chi connectivity index (χ2n) is 3.60. The number of nitrogens with one attached hydrogen (secondary N) is 1. The van der Waals surface area contributed by atoms with Gasteiger partial charge in [0.05, 0.1) is 12.0 Å². The largest absolute Gasteiger partial charge is 0.481 e. The molecule has 5 nitrogen and oxygen atoms in total. The summed E-state index contributed by atoms with van der Waals surface area (Å²) >= 11 is 0. The molecule has 5 heteroatoms. The fourth-order valence-electron chi connectivity index (χ4n) is 2.00. The molecule has 72 valence electrons. The number of nitrogens with zero attached hydrogens (tertiary/aromatic N) is 1. The molecule has 2 aliphatic heterocycles. The number of piperidine rings is 1. The van der Waals surface area contributed by atoms with Crippen LogP contribution in [-0.4, -0.2) is 41.1 Å². The van der Waals surface area contributed by atoms with Gasteiger partial charge in [0.2, 0.25) is 0 Å². The lowest BCUT2D eigenvalue weighted by atomic mass is 9.94. The van der Waals surface area contributed by atoms with Crippen LogP contribution in [0.1, 0.15) is 12.8 Å². The SMILES string of the molecule is O=C(O)C1CCC2CNC(=O)N2C1. The average Bonchev–Trinajstić information content (AvgIpc) is 2.47. The molecule has 0 spiro atoms. The molecule has 2 unspecified atom stereocenters.